The molecule has 1 aromatic carbocycles. The van der Waals surface area contributed by atoms with E-state index in [4.69, 9.17) is 0 Å². The zero-order valence-corrected chi connectivity index (χ0v) is 17.4. The lowest BCUT2D eigenvalue weighted by Crippen LogP contribution is -2.44. The Balaban J connectivity index is 1.61. The number of nitrogens with one attached hydrogen (secondary N) is 2. The Bertz CT molecular complexity index is 896. The van der Waals surface area contributed by atoms with Gasteiger partial charge in [-0.25, -0.2) is 9.97 Å². The lowest BCUT2D eigenvalue weighted by Gasteiger charge is -2.32. The molecule has 9 nitrogen and oxygen atoms in total. The molecule has 9 heteroatoms. The van der Waals surface area contributed by atoms with Gasteiger partial charge in [-0.2, -0.15) is 0 Å². The summed E-state index contributed by atoms with van der Waals surface area (Å²) >= 11 is 0. The summed E-state index contributed by atoms with van der Waals surface area (Å²) in [5.74, 6) is 1.26. The summed E-state index contributed by atoms with van der Waals surface area (Å²) in [6.45, 7) is 6.77. The minimum atomic E-state index is -0.422. The molecular formula is C21H28N6O3. The van der Waals surface area contributed by atoms with Crippen LogP contribution in [0.2, 0.25) is 0 Å². The summed E-state index contributed by atoms with van der Waals surface area (Å²) in [5, 5.41) is 17.4. The molecule has 160 valence electrons. The number of aryl methyl sites for hydroxylation is 1. The fraction of sp³-hybridized carbons (Fsp3) is 0.476. The zero-order valence-electron chi connectivity index (χ0n) is 17.4. The fourth-order valence-corrected chi connectivity index (χ4v) is 3.50. The molecule has 0 radical (unpaired) electrons. The van der Waals surface area contributed by atoms with Crippen LogP contribution in [0.4, 0.5) is 11.5 Å². The van der Waals surface area contributed by atoms with Gasteiger partial charge in [-0.1, -0.05) is 19.1 Å². The molecule has 1 amide bonds. The number of carbonyl (C=O) groups excluding carboxylic acids is 1. The molecule has 1 aliphatic heterocycles. The van der Waals surface area contributed by atoms with Crippen LogP contribution in [0.15, 0.2) is 30.3 Å². The smallest absolute Gasteiger partial charge is 0.270 e. The van der Waals surface area contributed by atoms with Crippen molar-refractivity contribution in [3.05, 3.63) is 46.1 Å². The summed E-state index contributed by atoms with van der Waals surface area (Å²) in [5.41, 5.74) is 1.42. The minimum Gasteiger partial charge on any atom is -0.367 e. The number of hydrogen-bond acceptors (Lipinski definition) is 7. The molecule has 0 unspecified atom stereocenters. The number of nitro benzene ring substituents is 1. The molecule has 2 aromatic rings. The Morgan fingerprint density at radius 2 is 2.03 bits per heavy atom. The number of amides is 1. The maximum Gasteiger partial charge on any atom is 0.270 e. The van der Waals surface area contributed by atoms with Gasteiger partial charge in [0.25, 0.3) is 5.69 Å². The normalized spacial score (nSPS) is 15.0. The Morgan fingerprint density at radius 3 is 2.73 bits per heavy atom. The van der Waals surface area contributed by atoms with Crippen LogP contribution in [0, 0.1) is 17.0 Å². The maximum atomic E-state index is 11.9. The molecule has 3 rings (SSSR count). The molecule has 1 aliphatic rings. The van der Waals surface area contributed by atoms with Gasteiger partial charge < -0.3 is 10.6 Å². The summed E-state index contributed by atoms with van der Waals surface area (Å²) in [4.78, 5) is 33.7. The molecule has 0 bridgehead atoms. The van der Waals surface area contributed by atoms with Crippen LogP contribution >= 0.6 is 0 Å². The first-order chi connectivity index (χ1) is 14.4. The number of non-ortho nitro benzene ring substituents is 1. The monoisotopic (exact) mass is 412 g/mol. The highest BCUT2D eigenvalue weighted by Crippen LogP contribution is 2.23. The molecule has 2 N–H and O–H groups in total. The number of likely N-dealkylation sites (tertiary alicyclic amines) is 1. The third kappa shape index (κ3) is 5.96. The number of piperidine rings is 1. The Kier molecular flexibility index (Phi) is 7.29. The number of aromatic nitrogens is 2. The largest absolute Gasteiger partial charge is 0.367 e. The molecule has 1 saturated heterocycles. The van der Waals surface area contributed by atoms with Crippen molar-refractivity contribution in [1.29, 1.82) is 0 Å². The van der Waals surface area contributed by atoms with E-state index in [0.717, 1.165) is 44.6 Å². The van der Waals surface area contributed by atoms with E-state index in [1.807, 2.05) is 19.9 Å². The lowest BCUT2D eigenvalue weighted by atomic mass is 10.0. The number of carbonyl (C=O) groups is 1. The fourth-order valence-electron chi connectivity index (χ4n) is 3.50. The first kappa shape index (κ1) is 21.6. The first-order valence-electron chi connectivity index (χ1n) is 10.3. The quantitative estimate of drug-likeness (QED) is 0.506. The van der Waals surface area contributed by atoms with E-state index in [9.17, 15) is 14.9 Å². The predicted octanol–water partition coefficient (Wildman–Crippen LogP) is 2.76. The summed E-state index contributed by atoms with van der Waals surface area (Å²) in [7, 11) is 0. The number of rotatable bonds is 8. The third-order valence-corrected chi connectivity index (χ3v) is 5.05. The molecule has 0 spiro atoms. The van der Waals surface area contributed by atoms with Gasteiger partial charge >= 0.3 is 0 Å². The molecule has 0 aliphatic carbocycles. The van der Waals surface area contributed by atoms with Gasteiger partial charge in [-0.15, -0.1) is 0 Å². The van der Waals surface area contributed by atoms with E-state index in [2.05, 4.69) is 25.5 Å². The van der Waals surface area contributed by atoms with E-state index < -0.39 is 4.92 Å². The SMILES string of the molecule is CCCNC(=O)CN1CCC(Nc2cc(C)nc(-c3cccc([N+](=O)[O-])c3)n2)CC1. The molecule has 2 heterocycles. The van der Waals surface area contributed by atoms with E-state index in [1.54, 1.807) is 12.1 Å². The van der Waals surface area contributed by atoms with Crippen LogP contribution in [-0.2, 0) is 4.79 Å². The Morgan fingerprint density at radius 1 is 1.27 bits per heavy atom. The predicted molar refractivity (Wildman–Crippen MR) is 115 cm³/mol. The molecule has 1 fully saturated rings. The van der Waals surface area contributed by atoms with Crippen molar-refractivity contribution < 1.29 is 9.72 Å². The average Bonchev–Trinajstić information content (AvgIpc) is 2.73. The molecule has 0 saturated carbocycles. The summed E-state index contributed by atoms with van der Waals surface area (Å²) in [6.07, 6.45) is 2.76. The number of nitro groups is 1. The second-order valence-corrected chi connectivity index (χ2v) is 7.57. The standard InChI is InChI=1S/C21H28N6O3/c1-3-9-22-20(28)14-26-10-7-17(8-11-26)24-19-12-15(2)23-21(25-19)16-5-4-6-18(13-16)27(29)30/h4-6,12-13,17H,3,7-11,14H2,1-2H3,(H,22,28)(H,23,24,25). The topological polar surface area (TPSA) is 113 Å². The van der Waals surface area contributed by atoms with Crippen molar-refractivity contribution >= 4 is 17.4 Å². The van der Waals surface area contributed by atoms with Crippen molar-refractivity contribution in [2.24, 2.45) is 0 Å². The van der Waals surface area contributed by atoms with Gasteiger partial charge in [0.1, 0.15) is 5.82 Å². The van der Waals surface area contributed by atoms with Gasteiger partial charge in [-0.05, 0) is 26.2 Å². The molecule has 1 aromatic heterocycles. The van der Waals surface area contributed by atoms with Gasteiger partial charge in [0.15, 0.2) is 5.82 Å². The van der Waals surface area contributed by atoms with E-state index in [0.29, 0.717) is 23.8 Å². The molecule has 0 atom stereocenters. The Labute approximate surface area is 176 Å². The Hall–Kier alpha value is -3.07. The lowest BCUT2D eigenvalue weighted by molar-refractivity contribution is -0.384. The van der Waals surface area contributed by atoms with Crippen LogP contribution in [0.5, 0.6) is 0 Å². The number of anilines is 1. The summed E-state index contributed by atoms with van der Waals surface area (Å²) in [6, 6.07) is 8.49. The van der Waals surface area contributed by atoms with Crippen LogP contribution in [0.3, 0.4) is 0 Å². The van der Waals surface area contributed by atoms with Crippen molar-refractivity contribution in [1.82, 2.24) is 20.2 Å². The van der Waals surface area contributed by atoms with Crippen LogP contribution in [0.1, 0.15) is 31.9 Å². The van der Waals surface area contributed by atoms with Crippen LogP contribution in [0.25, 0.3) is 11.4 Å². The highest BCUT2D eigenvalue weighted by Gasteiger charge is 2.21. The van der Waals surface area contributed by atoms with Crippen LogP contribution < -0.4 is 10.6 Å². The van der Waals surface area contributed by atoms with Gasteiger partial charge in [0, 0.05) is 55.1 Å². The number of nitrogens with zero attached hydrogens (tertiary/aromatic N) is 4. The average molecular weight is 412 g/mol. The first-order valence-corrected chi connectivity index (χ1v) is 10.3. The van der Waals surface area contributed by atoms with Crippen LogP contribution in [-0.4, -0.2) is 57.9 Å². The molecule has 30 heavy (non-hydrogen) atoms. The minimum absolute atomic E-state index is 0.0162. The summed E-state index contributed by atoms with van der Waals surface area (Å²) < 4.78 is 0. The highest BCUT2D eigenvalue weighted by molar-refractivity contribution is 5.78. The van der Waals surface area contributed by atoms with Crippen molar-refractivity contribution in [2.45, 2.75) is 39.2 Å². The van der Waals surface area contributed by atoms with E-state index in [1.165, 1.54) is 12.1 Å². The maximum absolute atomic E-state index is 11.9. The zero-order chi connectivity index (χ0) is 21.5. The third-order valence-electron chi connectivity index (χ3n) is 5.05. The van der Waals surface area contributed by atoms with Crippen molar-refractivity contribution in [2.75, 3.05) is 31.5 Å². The van der Waals surface area contributed by atoms with E-state index >= 15 is 0 Å². The van der Waals surface area contributed by atoms with Crippen molar-refractivity contribution in [3.63, 3.8) is 0 Å². The van der Waals surface area contributed by atoms with E-state index in [-0.39, 0.29) is 17.6 Å². The second-order valence-electron chi connectivity index (χ2n) is 7.57. The number of benzene rings is 1. The van der Waals surface area contributed by atoms with Gasteiger partial charge in [0.2, 0.25) is 5.91 Å². The second kappa shape index (κ2) is 10.1. The van der Waals surface area contributed by atoms with Gasteiger partial charge in [0.05, 0.1) is 11.5 Å². The van der Waals surface area contributed by atoms with Crippen molar-refractivity contribution in [3.8, 4) is 11.4 Å². The highest BCUT2D eigenvalue weighted by atomic mass is 16.6. The van der Waals surface area contributed by atoms with Gasteiger partial charge in [-0.3, -0.25) is 19.8 Å². The molecular weight excluding hydrogens is 384 g/mol. The number of hydrogen-bond donors (Lipinski definition) is 2.